The molecular formula is C18H25NO3. The van der Waals surface area contributed by atoms with Crippen molar-refractivity contribution < 1.29 is 14.3 Å². The van der Waals surface area contributed by atoms with Crippen LogP contribution in [0.15, 0.2) is 6.07 Å². The molecular weight excluding hydrogens is 278 g/mol. The van der Waals surface area contributed by atoms with E-state index in [1.807, 2.05) is 4.90 Å². The molecule has 4 heteroatoms. The SMILES string of the molecule is CCCN(CCC)C(=O)Cc1c2c(cc3c1OCC3)OCC2. The first kappa shape index (κ1) is 15.2. The molecule has 0 fully saturated rings. The normalized spacial score (nSPS) is 15.0. The van der Waals surface area contributed by atoms with Crippen LogP contribution in [0.4, 0.5) is 0 Å². The minimum Gasteiger partial charge on any atom is -0.493 e. The lowest BCUT2D eigenvalue weighted by Gasteiger charge is -2.22. The fraction of sp³-hybridized carbons (Fsp3) is 0.611. The van der Waals surface area contributed by atoms with Gasteiger partial charge in [-0.25, -0.2) is 0 Å². The molecule has 22 heavy (non-hydrogen) atoms. The van der Waals surface area contributed by atoms with Crippen molar-refractivity contribution in [3.8, 4) is 11.5 Å². The zero-order valence-electron chi connectivity index (χ0n) is 13.6. The number of benzene rings is 1. The minimum atomic E-state index is 0.210. The number of nitrogens with zero attached hydrogens (tertiary/aromatic N) is 1. The van der Waals surface area contributed by atoms with Crippen LogP contribution in [0.3, 0.4) is 0 Å². The van der Waals surface area contributed by atoms with E-state index >= 15 is 0 Å². The molecule has 0 aliphatic carbocycles. The van der Waals surface area contributed by atoms with Gasteiger partial charge in [-0.15, -0.1) is 0 Å². The Morgan fingerprint density at radius 1 is 1.14 bits per heavy atom. The lowest BCUT2D eigenvalue weighted by molar-refractivity contribution is -0.130. The Hall–Kier alpha value is -1.71. The van der Waals surface area contributed by atoms with E-state index in [2.05, 4.69) is 19.9 Å². The monoisotopic (exact) mass is 303 g/mol. The molecule has 1 amide bonds. The second-order valence-electron chi connectivity index (χ2n) is 6.07. The van der Waals surface area contributed by atoms with Gasteiger partial charge < -0.3 is 14.4 Å². The molecule has 0 aromatic heterocycles. The number of carbonyl (C=O) groups excluding carboxylic acids is 1. The minimum absolute atomic E-state index is 0.210. The maximum absolute atomic E-state index is 12.7. The van der Waals surface area contributed by atoms with Crippen molar-refractivity contribution in [2.24, 2.45) is 0 Å². The van der Waals surface area contributed by atoms with Gasteiger partial charge in [0, 0.05) is 42.6 Å². The van der Waals surface area contributed by atoms with Gasteiger partial charge in [0.05, 0.1) is 19.6 Å². The van der Waals surface area contributed by atoms with Crippen LogP contribution in [0.25, 0.3) is 0 Å². The number of hydrogen-bond donors (Lipinski definition) is 0. The van der Waals surface area contributed by atoms with Crippen molar-refractivity contribution in [2.75, 3.05) is 26.3 Å². The second kappa shape index (κ2) is 6.59. The molecule has 2 aliphatic heterocycles. The summed E-state index contributed by atoms with van der Waals surface area (Å²) in [5.41, 5.74) is 3.45. The fourth-order valence-electron chi connectivity index (χ4n) is 3.44. The van der Waals surface area contributed by atoms with Gasteiger partial charge in [0.15, 0.2) is 0 Å². The zero-order chi connectivity index (χ0) is 15.5. The summed E-state index contributed by atoms with van der Waals surface area (Å²) in [7, 11) is 0. The molecule has 0 saturated heterocycles. The van der Waals surface area contributed by atoms with E-state index in [0.29, 0.717) is 19.6 Å². The maximum atomic E-state index is 12.7. The summed E-state index contributed by atoms with van der Waals surface area (Å²) in [6, 6.07) is 2.11. The lowest BCUT2D eigenvalue weighted by atomic mass is 9.97. The smallest absolute Gasteiger partial charge is 0.227 e. The summed E-state index contributed by atoms with van der Waals surface area (Å²) < 4.78 is 11.6. The first-order valence-corrected chi connectivity index (χ1v) is 8.45. The van der Waals surface area contributed by atoms with Crippen molar-refractivity contribution in [2.45, 2.75) is 46.0 Å². The Kier molecular flexibility index (Phi) is 4.55. The maximum Gasteiger partial charge on any atom is 0.227 e. The number of carbonyl (C=O) groups is 1. The topological polar surface area (TPSA) is 38.8 Å². The van der Waals surface area contributed by atoms with Gasteiger partial charge in [-0.05, 0) is 18.9 Å². The molecule has 1 aromatic rings. The molecule has 2 aliphatic rings. The van der Waals surface area contributed by atoms with E-state index in [-0.39, 0.29) is 5.91 Å². The quantitative estimate of drug-likeness (QED) is 0.811. The summed E-state index contributed by atoms with van der Waals surface area (Å²) in [6.07, 6.45) is 4.23. The Morgan fingerprint density at radius 3 is 2.59 bits per heavy atom. The molecule has 0 N–H and O–H groups in total. The second-order valence-corrected chi connectivity index (χ2v) is 6.07. The molecule has 0 atom stereocenters. The highest BCUT2D eigenvalue weighted by Gasteiger charge is 2.28. The average molecular weight is 303 g/mol. The Labute approximate surface area is 132 Å². The molecule has 0 unspecified atom stereocenters. The highest BCUT2D eigenvalue weighted by Crippen LogP contribution is 2.40. The van der Waals surface area contributed by atoms with Gasteiger partial charge in [0.2, 0.25) is 5.91 Å². The summed E-state index contributed by atoms with van der Waals surface area (Å²) in [4.78, 5) is 14.7. The molecule has 0 spiro atoms. The molecule has 0 bridgehead atoms. The zero-order valence-corrected chi connectivity index (χ0v) is 13.6. The summed E-state index contributed by atoms with van der Waals surface area (Å²) in [6.45, 7) is 7.33. The third-order valence-electron chi connectivity index (χ3n) is 4.43. The number of fused-ring (bicyclic) bond motifs is 2. The number of amides is 1. The van der Waals surface area contributed by atoms with Crippen LogP contribution in [0, 0.1) is 0 Å². The van der Waals surface area contributed by atoms with E-state index in [4.69, 9.17) is 9.47 Å². The largest absolute Gasteiger partial charge is 0.493 e. The van der Waals surface area contributed by atoms with Gasteiger partial charge in [0.1, 0.15) is 11.5 Å². The first-order valence-electron chi connectivity index (χ1n) is 8.45. The summed E-state index contributed by atoms with van der Waals surface area (Å²) in [5, 5.41) is 0. The van der Waals surface area contributed by atoms with Crippen LogP contribution >= 0.6 is 0 Å². The van der Waals surface area contributed by atoms with Gasteiger partial charge in [-0.2, -0.15) is 0 Å². The van der Waals surface area contributed by atoms with Crippen LogP contribution in [-0.4, -0.2) is 37.1 Å². The standard InChI is InChI=1S/C18H25NO3/c1-3-7-19(8-4-2)17(20)12-15-14-6-10-21-16(14)11-13-5-9-22-18(13)15/h11H,3-10,12H2,1-2H3. The Morgan fingerprint density at radius 2 is 1.86 bits per heavy atom. The van der Waals surface area contributed by atoms with Crippen LogP contribution in [0.2, 0.25) is 0 Å². The van der Waals surface area contributed by atoms with E-state index in [1.165, 1.54) is 11.1 Å². The first-order chi connectivity index (χ1) is 10.7. The van der Waals surface area contributed by atoms with Crippen molar-refractivity contribution in [1.29, 1.82) is 0 Å². The molecule has 3 rings (SSSR count). The van der Waals surface area contributed by atoms with Gasteiger partial charge >= 0.3 is 0 Å². The van der Waals surface area contributed by atoms with Crippen LogP contribution in [0.5, 0.6) is 11.5 Å². The molecule has 0 saturated carbocycles. The average Bonchev–Trinajstić information content (AvgIpc) is 3.15. The highest BCUT2D eigenvalue weighted by atomic mass is 16.5. The highest BCUT2D eigenvalue weighted by molar-refractivity contribution is 5.81. The van der Waals surface area contributed by atoms with Gasteiger partial charge in [0.25, 0.3) is 0 Å². The molecule has 4 nitrogen and oxygen atoms in total. The predicted octanol–water partition coefficient (Wildman–Crippen LogP) is 2.75. The Bertz CT molecular complexity index is 530. The van der Waals surface area contributed by atoms with Crippen LogP contribution < -0.4 is 9.47 Å². The number of ether oxygens (including phenoxy) is 2. The summed E-state index contributed by atoms with van der Waals surface area (Å²) in [5.74, 6) is 2.12. The van der Waals surface area contributed by atoms with Crippen molar-refractivity contribution in [3.05, 3.63) is 22.8 Å². The van der Waals surface area contributed by atoms with Crippen molar-refractivity contribution in [3.63, 3.8) is 0 Å². The molecule has 1 aromatic carbocycles. The molecule has 2 heterocycles. The van der Waals surface area contributed by atoms with E-state index in [1.54, 1.807) is 0 Å². The third kappa shape index (κ3) is 2.79. The molecule has 120 valence electrons. The van der Waals surface area contributed by atoms with E-state index in [9.17, 15) is 4.79 Å². The Balaban J connectivity index is 1.87. The van der Waals surface area contributed by atoms with Gasteiger partial charge in [-0.3, -0.25) is 4.79 Å². The van der Waals surface area contributed by atoms with Crippen molar-refractivity contribution in [1.82, 2.24) is 4.90 Å². The molecule has 0 radical (unpaired) electrons. The van der Waals surface area contributed by atoms with Crippen molar-refractivity contribution >= 4 is 5.91 Å². The fourth-order valence-corrected chi connectivity index (χ4v) is 3.44. The lowest BCUT2D eigenvalue weighted by Crippen LogP contribution is -2.34. The van der Waals surface area contributed by atoms with E-state index in [0.717, 1.165) is 55.8 Å². The third-order valence-corrected chi connectivity index (χ3v) is 4.43. The van der Waals surface area contributed by atoms with E-state index < -0.39 is 0 Å². The van der Waals surface area contributed by atoms with Crippen LogP contribution in [0.1, 0.15) is 43.4 Å². The summed E-state index contributed by atoms with van der Waals surface area (Å²) >= 11 is 0. The number of rotatable bonds is 6. The van der Waals surface area contributed by atoms with Gasteiger partial charge in [-0.1, -0.05) is 13.8 Å². The number of hydrogen-bond acceptors (Lipinski definition) is 3. The van der Waals surface area contributed by atoms with Crippen LogP contribution in [-0.2, 0) is 24.1 Å². The predicted molar refractivity (Wildman–Crippen MR) is 85.7 cm³/mol.